The summed E-state index contributed by atoms with van der Waals surface area (Å²) in [5.74, 6) is 0.471. The third kappa shape index (κ3) is 7.54. The molecule has 4 rings (SSSR count). The van der Waals surface area contributed by atoms with Crippen molar-refractivity contribution in [3.63, 3.8) is 0 Å². The van der Waals surface area contributed by atoms with Gasteiger partial charge in [-0.2, -0.15) is 0 Å². The van der Waals surface area contributed by atoms with Crippen molar-refractivity contribution in [2.45, 2.75) is 69.2 Å². The van der Waals surface area contributed by atoms with Gasteiger partial charge in [-0.05, 0) is 56.4 Å². The maximum absolute atomic E-state index is 14.7. The van der Waals surface area contributed by atoms with Crippen LogP contribution in [0.3, 0.4) is 0 Å². The first-order chi connectivity index (χ1) is 17.9. The number of rotatable bonds is 11. The quantitative estimate of drug-likeness (QED) is 0.351. The molecule has 0 radical (unpaired) electrons. The normalized spacial score (nSPS) is 22.4. The van der Waals surface area contributed by atoms with Gasteiger partial charge in [0.2, 0.25) is 0 Å². The minimum Gasteiger partial charge on any atom is -0.383 e. The van der Waals surface area contributed by atoms with Crippen molar-refractivity contribution < 1.29 is 18.6 Å². The Labute approximate surface area is 224 Å². The van der Waals surface area contributed by atoms with Crippen LogP contribution in [0.2, 0.25) is 5.02 Å². The number of benzene rings is 1. The summed E-state index contributed by atoms with van der Waals surface area (Å²) in [6.45, 7) is 4.67. The summed E-state index contributed by atoms with van der Waals surface area (Å²) < 4.78 is 31.2. The maximum atomic E-state index is 14.7. The molecule has 0 spiro atoms. The molecule has 0 unspecified atom stereocenters. The van der Waals surface area contributed by atoms with Gasteiger partial charge in [-0.25, -0.2) is 9.37 Å². The molecule has 0 bridgehead atoms. The molecule has 1 aromatic heterocycles. The van der Waals surface area contributed by atoms with Gasteiger partial charge in [0.05, 0.1) is 22.9 Å². The number of aromatic nitrogens is 1. The first-order valence-electron chi connectivity index (χ1n) is 13.2. The highest BCUT2D eigenvalue weighted by Crippen LogP contribution is 2.33. The minimum atomic E-state index is -0.359. The summed E-state index contributed by atoms with van der Waals surface area (Å²) in [5, 5.41) is 11.0. The van der Waals surface area contributed by atoms with Crippen LogP contribution in [-0.2, 0) is 14.2 Å². The molecule has 1 aromatic carbocycles. The molecule has 204 valence electrons. The predicted octanol–water partition coefficient (Wildman–Crippen LogP) is 5.50. The molecule has 3 N–H and O–H groups in total. The Morgan fingerprint density at radius 3 is 2.57 bits per heavy atom. The zero-order chi connectivity index (χ0) is 26.3. The van der Waals surface area contributed by atoms with Gasteiger partial charge in [0.1, 0.15) is 11.6 Å². The molecule has 1 saturated carbocycles. The van der Waals surface area contributed by atoms with Gasteiger partial charge in [0.15, 0.2) is 0 Å². The molecule has 7 nitrogen and oxygen atoms in total. The van der Waals surface area contributed by atoms with E-state index in [0.717, 1.165) is 62.1 Å². The molecule has 2 fully saturated rings. The molecule has 1 aliphatic carbocycles. The van der Waals surface area contributed by atoms with Gasteiger partial charge in [-0.1, -0.05) is 17.7 Å². The highest BCUT2D eigenvalue weighted by molar-refractivity contribution is 6.33. The van der Waals surface area contributed by atoms with E-state index >= 15 is 0 Å². The summed E-state index contributed by atoms with van der Waals surface area (Å²) >= 11 is 6.55. The molecule has 2 aliphatic rings. The Morgan fingerprint density at radius 1 is 1.14 bits per heavy atom. The lowest BCUT2D eigenvalue weighted by Crippen LogP contribution is -2.44. The minimum absolute atomic E-state index is 0.309. The van der Waals surface area contributed by atoms with Crippen molar-refractivity contribution in [2.24, 2.45) is 0 Å². The average molecular weight is 535 g/mol. The van der Waals surface area contributed by atoms with Crippen LogP contribution in [0.15, 0.2) is 30.5 Å². The zero-order valence-electron chi connectivity index (χ0n) is 22.1. The Balaban J connectivity index is 1.40. The number of pyridine rings is 1. The second-order valence-electron chi connectivity index (χ2n) is 10.3. The van der Waals surface area contributed by atoms with E-state index in [9.17, 15) is 4.39 Å². The number of halogens is 2. The Kier molecular flexibility index (Phi) is 10.0. The highest BCUT2D eigenvalue weighted by Gasteiger charge is 2.32. The van der Waals surface area contributed by atoms with Crippen LogP contribution in [0.25, 0.3) is 11.1 Å². The van der Waals surface area contributed by atoms with E-state index in [1.807, 2.05) is 6.07 Å². The maximum Gasteiger partial charge on any atom is 0.146 e. The first-order valence-corrected chi connectivity index (χ1v) is 13.6. The fourth-order valence-electron chi connectivity index (χ4n) is 5.33. The standard InChI is InChI=1S/C28H40ClFN4O3/c1-19(17-35-2)33-21-5-7-22(8-6-21)34-27-15-23(24(29)16-31-27)20-4-9-25(30)26(14-20)32-18-28(36-3)10-12-37-13-11-28/h4,9,14-16,19,21-22,32-33H,5-8,10-13,17-18H2,1-3H3,(H,31,34)/t19-,21-,22-/m1/s1. The van der Waals surface area contributed by atoms with Crippen LogP contribution < -0.4 is 16.0 Å². The van der Waals surface area contributed by atoms with Crippen molar-refractivity contribution in [1.29, 1.82) is 0 Å². The molecule has 37 heavy (non-hydrogen) atoms. The first kappa shape index (κ1) is 28.0. The van der Waals surface area contributed by atoms with Crippen molar-refractivity contribution in [1.82, 2.24) is 10.3 Å². The van der Waals surface area contributed by atoms with E-state index in [-0.39, 0.29) is 11.4 Å². The summed E-state index contributed by atoms with van der Waals surface area (Å²) in [6.07, 6.45) is 7.54. The summed E-state index contributed by atoms with van der Waals surface area (Å²) in [7, 11) is 3.44. The predicted molar refractivity (Wildman–Crippen MR) is 147 cm³/mol. The van der Waals surface area contributed by atoms with E-state index in [1.165, 1.54) is 6.07 Å². The number of anilines is 2. The number of hydrogen-bond acceptors (Lipinski definition) is 7. The topological polar surface area (TPSA) is 76.7 Å². The SMILES string of the molecule is COC[C@@H](C)N[C@H]1CC[C@H](Nc2cc(-c3ccc(F)c(NCC4(OC)CCOCC4)c3)c(Cl)cn2)CC1. The molecular formula is C28H40ClFN4O3. The van der Waals surface area contributed by atoms with Gasteiger partial charge in [0.25, 0.3) is 0 Å². The third-order valence-electron chi connectivity index (χ3n) is 7.59. The molecular weight excluding hydrogens is 495 g/mol. The van der Waals surface area contributed by atoms with E-state index in [1.54, 1.807) is 32.5 Å². The summed E-state index contributed by atoms with van der Waals surface area (Å²) in [5.41, 5.74) is 1.72. The Bertz CT molecular complexity index is 1010. The summed E-state index contributed by atoms with van der Waals surface area (Å²) in [6, 6.07) is 8.22. The summed E-state index contributed by atoms with van der Waals surface area (Å²) in [4.78, 5) is 4.51. The lowest BCUT2D eigenvalue weighted by molar-refractivity contribution is -0.0807. The fourth-order valence-corrected chi connectivity index (χ4v) is 5.55. The van der Waals surface area contributed by atoms with Crippen LogP contribution in [0.4, 0.5) is 15.9 Å². The van der Waals surface area contributed by atoms with Crippen molar-refractivity contribution in [3.8, 4) is 11.1 Å². The van der Waals surface area contributed by atoms with Crippen molar-refractivity contribution >= 4 is 23.1 Å². The average Bonchev–Trinajstić information content (AvgIpc) is 2.91. The molecule has 2 aromatic rings. The second-order valence-corrected chi connectivity index (χ2v) is 10.7. The Hall–Kier alpha value is -1.97. The smallest absolute Gasteiger partial charge is 0.146 e. The van der Waals surface area contributed by atoms with Crippen LogP contribution in [-0.4, -0.2) is 69.3 Å². The largest absolute Gasteiger partial charge is 0.383 e. The van der Waals surface area contributed by atoms with E-state index in [4.69, 9.17) is 25.8 Å². The van der Waals surface area contributed by atoms with Crippen LogP contribution in [0.5, 0.6) is 0 Å². The molecule has 1 atom stereocenters. The molecule has 0 amide bonds. The number of ether oxygens (including phenoxy) is 3. The zero-order valence-corrected chi connectivity index (χ0v) is 22.9. The lowest BCUT2D eigenvalue weighted by atomic mass is 9.90. The molecule has 9 heteroatoms. The number of nitrogens with zero attached hydrogens (tertiary/aromatic N) is 1. The molecule has 1 aliphatic heterocycles. The van der Waals surface area contributed by atoms with Gasteiger partial charge >= 0.3 is 0 Å². The van der Waals surface area contributed by atoms with Crippen LogP contribution in [0.1, 0.15) is 45.4 Å². The second kappa shape index (κ2) is 13.2. The fraction of sp³-hybridized carbons (Fsp3) is 0.607. The van der Waals surface area contributed by atoms with Gasteiger partial charge in [-0.15, -0.1) is 0 Å². The number of nitrogens with one attached hydrogen (secondary N) is 3. The van der Waals surface area contributed by atoms with Gasteiger partial charge < -0.3 is 30.2 Å². The van der Waals surface area contributed by atoms with E-state index in [0.29, 0.717) is 48.6 Å². The Morgan fingerprint density at radius 2 is 1.86 bits per heavy atom. The number of methoxy groups -OCH3 is 2. The number of hydrogen-bond donors (Lipinski definition) is 3. The lowest BCUT2D eigenvalue weighted by Gasteiger charge is -2.36. The van der Waals surface area contributed by atoms with Crippen molar-refractivity contribution in [3.05, 3.63) is 41.3 Å². The monoisotopic (exact) mass is 534 g/mol. The van der Waals surface area contributed by atoms with Crippen LogP contribution in [0, 0.1) is 5.82 Å². The van der Waals surface area contributed by atoms with Gasteiger partial charge in [-0.3, -0.25) is 0 Å². The van der Waals surface area contributed by atoms with E-state index < -0.39 is 0 Å². The highest BCUT2D eigenvalue weighted by atomic mass is 35.5. The molecule has 2 heterocycles. The molecule has 1 saturated heterocycles. The van der Waals surface area contributed by atoms with Gasteiger partial charge in [0, 0.05) is 76.7 Å². The van der Waals surface area contributed by atoms with E-state index in [2.05, 4.69) is 27.9 Å². The van der Waals surface area contributed by atoms with Crippen LogP contribution >= 0.6 is 11.6 Å². The van der Waals surface area contributed by atoms with Crippen molar-refractivity contribution in [2.75, 3.05) is 51.2 Å². The third-order valence-corrected chi connectivity index (χ3v) is 7.89.